The summed E-state index contributed by atoms with van der Waals surface area (Å²) >= 11 is 1.28. The van der Waals surface area contributed by atoms with Crippen molar-refractivity contribution < 1.29 is 13.2 Å². The van der Waals surface area contributed by atoms with Gasteiger partial charge in [0, 0.05) is 31.4 Å². The largest absolute Gasteiger partial charge is 0.337 e. The Kier molecular flexibility index (Phi) is 6.75. The molecular formula is C18H24N2O3S2. The predicted octanol–water partition coefficient (Wildman–Crippen LogP) is 2.95. The highest BCUT2D eigenvalue weighted by Crippen LogP contribution is 2.21. The number of thiophene rings is 1. The van der Waals surface area contributed by atoms with Gasteiger partial charge in [-0.1, -0.05) is 36.8 Å². The van der Waals surface area contributed by atoms with E-state index in [9.17, 15) is 13.2 Å². The monoisotopic (exact) mass is 380 g/mol. The second-order valence-corrected chi connectivity index (χ2v) is 9.06. The van der Waals surface area contributed by atoms with Crippen molar-refractivity contribution in [1.82, 2.24) is 9.62 Å². The molecule has 5 nitrogen and oxygen atoms in total. The van der Waals surface area contributed by atoms with Gasteiger partial charge in [0.2, 0.25) is 15.9 Å². The van der Waals surface area contributed by atoms with Crippen molar-refractivity contribution in [3.05, 3.63) is 52.4 Å². The molecule has 25 heavy (non-hydrogen) atoms. The van der Waals surface area contributed by atoms with Crippen LogP contribution in [-0.2, 0) is 27.8 Å². The highest BCUT2D eigenvalue weighted by atomic mass is 32.2. The van der Waals surface area contributed by atoms with Crippen LogP contribution in [0.4, 0.5) is 0 Å². The number of sulfonamides is 1. The standard InChI is InChI=1S/C18H24N2O3S2/c1-4-17-8-9-18(24-17)25(22,23)19-10-11-20(15(3)21)13-16-7-5-6-14(2)12-16/h5-9,12,19H,4,10-11,13H2,1-3H3. The lowest BCUT2D eigenvalue weighted by atomic mass is 10.1. The zero-order valence-corrected chi connectivity index (χ0v) is 16.4. The highest BCUT2D eigenvalue weighted by molar-refractivity contribution is 7.91. The zero-order chi connectivity index (χ0) is 18.4. The number of nitrogens with zero attached hydrogens (tertiary/aromatic N) is 1. The van der Waals surface area contributed by atoms with E-state index in [0.717, 1.165) is 22.4 Å². The minimum Gasteiger partial charge on any atom is -0.337 e. The van der Waals surface area contributed by atoms with Gasteiger partial charge >= 0.3 is 0 Å². The molecule has 0 aliphatic carbocycles. The van der Waals surface area contributed by atoms with Crippen molar-refractivity contribution >= 4 is 27.3 Å². The summed E-state index contributed by atoms with van der Waals surface area (Å²) in [7, 11) is -3.52. The van der Waals surface area contributed by atoms with Crippen molar-refractivity contribution in [1.29, 1.82) is 0 Å². The van der Waals surface area contributed by atoms with Crippen molar-refractivity contribution in [2.24, 2.45) is 0 Å². The lowest BCUT2D eigenvalue weighted by Gasteiger charge is -2.21. The molecule has 136 valence electrons. The van der Waals surface area contributed by atoms with Crippen LogP contribution in [0.1, 0.15) is 29.9 Å². The summed E-state index contributed by atoms with van der Waals surface area (Å²) in [6, 6.07) is 11.4. The summed E-state index contributed by atoms with van der Waals surface area (Å²) in [5.74, 6) is -0.0786. The number of carbonyl (C=O) groups excluding carboxylic acids is 1. The SMILES string of the molecule is CCc1ccc(S(=O)(=O)NCCN(Cc2cccc(C)c2)C(C)=O)s1. The van der Waals surface area contributed by atoms with E-state index in [-0.39, 0.29) is 12.5 Å². The first-order valence-electron chi connectivity index (χ1n) is 8.21. The van der Waals surface area contributed by atoms with E-state index in [1.54, 1.807) is 11.0 Å². The molecule has 7 heteroatoms. The molecule has 1 aromatic carbocycles. The summed E-state index contributed by atoms with van der Waals surface area (Å²) in [6.45, 7) is 6.48. The molecule has 2 rings (SSSR count). The number of carbonyl (C=O) groups is 1. The van der Waals surface area contributed by atoms with E-state index < -0.39 is 10.0 Å². The maximum Gasteiger partial charge on any atom is 0.250 e. The molecule has 0 unspecified atom stereocenters. The predicted molar refractivity (Wildman–Crippen MR) is 101 cm³/mol. The van der Waals surface area contributed by atoms with E-state index in [1.165, 1.54) is 18.3 Å². The molecule has 1 N–H and O–H groups in total. The highest BCUT2D eigenvalue weighted by Gasteiger charge is 2.17. The van der Waals surface area contributed by atoms with E-state index >= 15 is 0 Å². The van der Waals surface area contributed by atoms with Gasteiger partial charge in [-0.05, 0) is 31.0 Å². The molecule has 0 fully saturated rings. The lowest BCUT2D eigenvalue weighted by molar-refractivity contribution is -0.129. The number of hydrogen-bond acceptors (Lipinski definition) is 4. The molecule has 0 saturated carbocycles. The van der Waals surface area contributed by atoms with Crippen LogP contribution in [0.25, 0.3) is 0 Å². The topological polar surface area (TPSA) is 66.5 Å². The fourth-order valence-corrected chi connectivity index (χ4v) is 4.82. The molecule has 1 heterocycles. The Labute approximate surface area is 153 Å². The summed E-state index contributed by atoms with van der Waals surface area (Å²) in [6.07, 6.45) is 0.814. The van der Waals surface area contributed by atoms with Gasteiger partial charge in [0.1, 0.15) is 4.21 Å². The summed E-state index contributed by atoms with van der Waals surface area (Å²) in [5.41, 5.74) is 2.16. The first-order chi connectivity index (χ1) is 11.8. The molecule has 0 aliphatic heterocycles. The second-order valence-electron chi connectivity index (χ2n) is 5.90. The fourth-order valence-electron chi connectivity index (χ4n) is 2.46. The van der Waals surface area contributed by atoms with E-state index in [2.05, 4.69) is 4.72 Å². The molecule has 0 spiro atoms. The quantitative estimate of drug-likeness (QED) is 0.766. The third kappa shape index (κ3) is 5.66. The maximum atomic E-state index is 12.3. The number of benzene rings is 1. The average molecular weight is 381 g/mol. The summed E-state index contributed by atoms with van der Waals surface area (Å²) < 4.78 is 27.5. The van der Waals surface area contributed by atoms with Gasteiger partial charge in [-0.2, -0.15) is 0 Å². The number of rotatable bonds is 8. The minimum atomic E-state index is -3.52. The number of nitrogens with one attached hydrogen (secondary N) is 1. The summed E-state index contributed by atoms with van der Waals surface area (Å²) in [4.78, 5) is 14.5. The normalized spacial score (nSPS) is 11.5. The Morgan fingerprint density at radius 1 is 1.24 bits per heavy atom. The smallest absolute Gasteiger partial charge is 0.250 e. The molecular weight excluding hydrogens is 356 g/mol. The Bertz CT molecular complexity index is 828. The Morgan fingerprint density at radius 2 is 2.00 bits per heavy atom. The molecule has 0 saturated heterocycles. The van der Waals surface area contributed by atoms with Gasteiger partial charge < -0.3 is 4.90 Å². The average Bonchev–Trinajstić information content (AvgIpc) is 3.04. The summed E-state index contributed by atoms with van der Waals surface area (Å²) in [5, 5.41) is 0. The number of amides is 1. The van der Waals surface area contributed by atoms with Gasteiger partial charge in [-0.15, -0.1) is 11.3 Å². The third-order valence-electron chi connectivity index (χ3n) is 3.83. The van der Waals surface area contributed by atoms with Crippen LogP contribution in [0.15, 0.2) is 40.6 Å². The second kappa shape index (κ2) is 8.60. The molecule has 0 aliphatic rings. The van der Waals surface area contributed by atoms with Gasteiger partial charge in [-0.25, -0.2) is 13.1 Å². The first-order valence-corrected chi connectivity index (χ1v) is 10.5. The number of hydrogen-bond donors (Lipinski definition) is 1. The van der Waals surface area contributed by atoms with Crippen LogP contribution >= 0.6 is 11.3 Å². The van der Waals surface area contributed by atoms with Crippen LogP contribution in [0, 0.1) is 6.92 Å². The zero-order valence-electron chi connectivity index (χ0n) is 14.8. The third-order valence-corrected chi connectivity index (χ3v) is 7.01. The minimum absolute atomic E-state index is 0.0786. The fraction of sp³-hybridized carbons (Fsp3) is 0.389. The van der Waals surface area contributed by atoms with Crippen molar-refractivity contribution in [2.75, 3.05) is 13.1 Å². The van der Waals surface area contributed by atoms with E-state index in [1.807, 2.05) is 44.2 Å². The maximum absolute atomic E-state index is 12.3. The molecule has 0 radical (unpaired) electrons. The van der Waals surface area contributed by atoms with Crippen LogP contribution in [-0.4, -0.2) is 32.3 Å². The van der Waals surface area contributed by atoms with Gasteiger partial charge in [0.05, 0.1) is 0 Å². The Balaban J connectivity index is 1.96. The van der Waals surface area contributed by atoms with Crippen LogP contribution in [0.2, 0.25) is 0 Å². The van der Waals surface area contributed by atoms with E-state index in [4.69, 9.17) is 0 Å². The van der Waals surface area contributed by atoms with Gasteiger partial charge in [-0.3, -0.25) is 4.79 Å². The van der Waals surface area contributed by atoms with Gasteiger partial charge in [0.25, 0.3) is 0 Å². The molecule has 0 bridgehead atoms. The Morgan fingerprint density at radius 3 is 2.60 bits per heavy atom. The van der Waals surface area contributed by atoms with Crippen molar-refractivity contribution in [3.8, 4) is 0 Å². The molecule has 2 aromatic rings. The van der Waals surface area contributed by atoms with Crippen LogP contribution < -0.4 is 4.72 Å². The van der Waals surface area contributed by atoms with E-state index in [0.29, 0.717) is 17.3 Å². The van der Waals surface area contributed by atoms with Crippen molar-refractivity contribution in [2.45, 2.75) is 37.9 Å². The molecule has 0 atom stereocenters. The first kappa shape index (κ1) is 19.6. The molecule has 1 aromatic heterocycles. The van der Waals surface area contributed by atoms with Crippen LogP contribution in [0.5, 0.6) is 0 Å². The number of aryl methyl sites for hydroxylation is 2. The molecule has 1 amide bonds. The van der Waals surface area contributed by atoms with Crippen molar-refractivity contribution in [3.63, 3.8) is 0 Å². The van der Waals surface area contributed by atoms with Gasteiger partial charge in [0.15, 0.2) is 0 Å². The Hall–Kier alpha value is -1.70. The lowest BCUT2D eigenvalue weighted by Crippen LogP contribution is -2.37. The van der Waals surface area contributed by atoms with Crippen LogP contribution in [0.3, 0.4) is 0 Å².